The molecule has 1 atom stereocenters. The van der Waals surface area contributed by atoms with E-state index in [1.165, 1.54) is 12.1 Å². The molecule has 0 saturated carbocycles. The number of aromatic nitrogens is 2. The molecule has 3 aromatic rings. The van der Waals surface area contributed by atoms with Gasteiger partial charge >= 0.3 is 0 Å². The lowest BCUT2D eigenvalue weighted by Crippen LogP contribution is -2.37. The number of rotatable bonds is 4. The van der Waals surface area contributed by atoms with E-state index in [1.807, 2.05) is 24.3 Å². The molecular formula is C19H17ClFN3O2. The van der Waals surface area contributed by atoms with Crippen LogP contribution in [0.4, 0.5) is 4.39 Å². The van der Waals surface area contributed by atoms with Crippen molar-refractivity contribution in [1.29, 1.82) is 0 Å². The summed E-state index contributed by atoms with van der Waals surface area (Å²) in [6, 6.07) is 13.7. The van der Waals surface area contributed by atoms with E-state index >= 15 is 0 Å². The van der Waals surface area contributed by atoms with Crippen LogP contribution in [0.25, 0.3) is 11.5 Å². The molecule has 2 heterocycles. The van der Waals surface area contributed by atoms with Crippen LogP contribution in [0.15, 0.2) is 52.9 Å². The van der Waals surface area contributed by atoms with Gasteiger partial charge in [-0.05, 0) is 42.0 Å². The summed E-state index contributed by atoms with van der Waals surface area (Å²) < 4.78 is 24.6. The van der Waals surface area contributed by atoms with E-state index in [4.69, 9.17) is 20.8 Å². The van der Waals surface area contributed by atoms with Crippen LogP contribution in [0.2, 0.25) is 5.02 Å². The van der Waals surface area contributed by atoms with E-state index in [9.17, 15) is 4.39 Å². The van der Waals surface area contributed by atoms with E-state index in [-0.39, 0.29) is 11.9 Å². The van der Waals surface area contributed by atoms with Crippen molar-refractivity contribution in [3.05, 3.63) is 70.8 Å². The SMILES string of the molecule is Fc1ccc(-c2nnc(CN3CCO[C@H](c4ccc(Cl)cc4)C3)o2)cc1. The minimum absolute atomic E-state index is 0.0134. The van der Waals surface area contributed by atoms with Crippen molar-refractivity contribution in [3.8, 4) is 11.5 Å². The Morgan fingerprint density at radius 2 is 1.85 bits per heavy atom. The van der Waals surface area contributed by atoms with Gasteiger partial charge in [-0.25, -0.2) is 4.39 Å². The highest BCUT2D eigenvalue weighted by Gasteiger charge is 2.23. The molecule has 7 heteroatoms. The molecule has 1 aliphatic heterocycles. The van der Waals surface area contributed by atoms with Crippen molar-refractivity contribution in [1.82, 2.24) is 15.1 Å². The third kappa shape index (κ3) is 3.93. The minimum atomic E-state index is -0.296. The molecule has 0 amide bonds. The first kappa shape index (κ1) is 17.1. The van der Waals surface area contributed by atoms with Crippen LogP contribution in [0.3, 0.4) is 0 Å². The summed E-state index contributed by atoms with van der Waals surface area (Å²) >= 11 is 5.95. The number of halogens is 2. The van der Waals surface area contributed by atoms with Crippen LogP contribution in [0.1, 0.15) is 17.6 Å². The maximum atomic E-state index is 13.0. The molecule has 0 N–H and O–H groups in total. The predicted octanol–water partition coefficient (Wildman–Crippen LogP) is 4.10. The van der Waals surface area contributed by atoms with Crippen LogP contribution < -0.4 is 0 Å². The topological polar surface area (TPSA) is 51.4 Å². The van der Waals surface area contributed by atoms with Crippen LogP contribution in [0.5, 0.6) is 0 Å². The van der Waals surface area contributed by atoms with Gasteiger partial charge in [0.05, 0.1) is 19.3 Å². The Bertz CT molecular complexity index is 867. The minimum Gasteiger partial charge on any atom is -0.419 e. The average Bonchev–Trinajstić information content (AvgIpc) is 3.11. The maximum absolute atomic E-state index is 13.0. The van der Waals surface area contributed by atoms with E-state index in [2.05, 4.69) is 15.1 Å². The maximum Gasteiger partial charge on any atom is 0.247 e. The quantitative estimate of drug-likeness (QED) is 0.689. The molecule has 26 heavy (non-hydrogen) atoms. The van der Waals surface area contributed by atoms with Crippen molar-refractivity contribution >= 4 is 11.6 Å². The second-order valence-electron chi connectivity index (χ2n) is 6.15. The Labute approximate surface area is 155 Å². The van der Waals surface area contributed by atoms with Crippen LogP contribution in [-0.2, 0) is 11.3 Å². The van der Waals surface area contributed by atoms with Gasteiger partial charge < -0.3 is 9.15 Å². The molecule has 0 aliphatic carbocycles. The van der Waals surface area contributed by atoms with Crippen molar-refractivity contribution in [3.63, 3.8) is 0 Å². The third-order valence-electron chi connectivity index (χ3n) is 4.31. The lowest BCUT2D eigenvalue weighted by molar-refractivity contribution is -0.0351. The van der Waals surface area contributed by atoms with Gasteiger partial charge in [0.1, 0.15) is 5.82 Å². The lowest BCUT2D eigenvalue weighted by Gasteiger charge is -2.32. The lowest BCUT2D eigenvalue weighted by atomic mass is 10.1. The first-order valence-corrected chi connectivity index (χ1v) is 8.73. The highest BCUT2D eigenvalue weighted by atomic mass is 35.5. The first-order chi connectivity index (χ1) is 12.7. The monoisotopic (exact) mass is 373 g/mol. The zero-order valence-corrected chi connectivity index (χ0v) is 14.7. The fourth-order valence-electron chi connectivity index (χ4n) is 2.94. The molecule has 0 radical (unpaired) electrons. The van der Waals surface area contributed by atoms with Crippen LogP contribution in [0, 0.1) is 5.82 Å². The van der Waals surface area contributed by atoms with Gasteiger partial charge in [0.15, 0.2) is 0 Å². The van der Waals surface area contributed by atoms with Gasteiger partial charge in [-0.1, -0.05) is 23.7 Å². The Morgan fingerprint density at radius 1 is 1.08 bits per heavy atom. The Morgan fingerprint density at radius 3 is 2.62 bits per heavy atom. The molecule has 134 valence electrons. The standard InChI is InChI=1S/C19H17ClFN3O2/c20-15-5-1-13(2-6-15)17-11-24(9-10-25-17)12-18-22-23-19(26-18)14-3-7-16(21)8-4-14/h1-8,17H,9-12H2/t17-/m0/s1. The summed E-state index contributed by atoms with van der Waals surface area (Å²) in [4.78, 5) is 2.21. The summed E-state index contributed by atoms with van der Waals surface area (Å²) in [5.41, 5.74) is 1.79. The fourth-order valence-corrected chi connectivity index (χ4v) is 3.07. The van der Waals surface area contributed by atoms with Gasteiger partial charge in [-0.15, -0.1) is 10.2 Å². The summed E-state index contributed by atoms with van der Waals surface area (Å²) in [5.74, 6) is 0.624. The largest absolute Gasteiger partial charge is 0.419 e. The van der Waals surface area contributed by atoms with Crippen molar-refractivity contribution in [2.45, 2.75) is 12.6 Å². The highest BCUT2D eigenvalue weighted by molar-refractivity contribution is 6.30. The Kier molecular flexibility index (Phi) is 4.97. The molecular weight excluding hydrogens is 357 g/mol. The molecule has 1 aromatic heterocycles. The molecule has 1 saturated heterocycles. The average molecular weight is 374 g/mol. The molecule has 0 spiro atoms. The smallest absolute Gasteiger partial charge is 0.247 e. The van der Waals surface area contributed by atoms with E-state index < -0.39 is 0 Å². The van der Waals surface area contributed by atoms with Crippen molar-refractivity contribution in [2.24, 2.45) is 0 Å². The van der Waals surface area contributed by atoms with E-state index in [1.54, 1.807) is 12.1 Å². The van der Waals surface area contributed by atoms with Crippen molar-refractivity contribution < 1.29 is 13.5 Å². The number of nitrogens with zero attached hydrogens (tertiary/aromatic N) is 3. The summed E-state index contributed by atoms with van der Waals surface area (Å²) in [6.45, 7) is 2.70. The molecule has 2 aromatic carbocycles. The van der Waals surface area contributed by atoms with Gasteiger partial charge in [0.2, 0.25) is 11.8 Å². The normalized spacial score (nSPS) is 18.2. The Hall–Kier alpha value is -2.28. The van der Waals surface area contributed by atoms with Gasteiger partial charge in [-0.2, -0.15) is 0 Å². The van der Waals surface area contributed by atoms with Crippen LogP contribution in [-0.4, -0.2) is 34.8 Å². The molecule has 1 fully saturated rings. The van der Waals surface area contributed by atoms with E-state index in [0.717, 1.165) is 18.7 Å². The summed E-state index contributed by atoms with van der Waals surface area (Å²) in [5, 5.41) is 8.87. The zero-order valence-electron chi connectivity index (χ0n) is 13.9. The second kappa shape index (κ2) is 7.53. The molecule has 1 aliphatic rings. The Balaban J connectivity index is 1.42. The van der Waals surface area contributed by atoms with E-state index in [0.29, 0.717) is 35.5 Å². The number of hydrogen-bond donors (Lipinski definition) is 0. The summed E-state index contributed by atoms with van der Waals surface area (Å²) in [7, 11) is 0. The first-order valence-electron chi connectivity index (χ1n) is 8.35. The fraction of sp³-hybridized carbons (Fsp3) is 0.263. The molecule has 5 nitrogen and oxygen atoms in total. The van der Waals surface area contributed by atoms with Crippen LogP contribution >= 0.6 is 11.6 Å². The van der Waals surface area contributed by atoms with Crippen molar-refractivity contribution in [2.75, 3.05) is 19.7 Å². The summed E-state index contributed by atoms with van der Waals surface area (Å²) in [6.07, 6.45) is -0.0134. The second-order valence-corrected chi connectivity index (χ2v) is 6.59. The number of morpholine rings is 1. The third-order valence-corrected chi connectivity index (χ3v) is 4.56. The predicted molar refractivity (Wildman–Crippen MR) is 95.1 cm³/mol. The zero-order chi connectivity index (χ0) is 17.9. The molecule has 4 rings (SSSR count). The molecule has 0 unspecified atom stereocenters. The van der Waals surface area contributed by atoms with Gasteiger partial charge in [0, 0.05) is 23.7 Å². The van der Waals surface area contributed by atoms with Gasteiger partial charge in [-0.3, -0.25) is 4.90 Å². The molecule has 0 bridgehead atoms. The van der Waals surface area contributed by atoms with Gasteiger partial charge in [0.25, 0.3) is 0 Å². The number of benzene rings is 2. The highest BCUT2D eigenvalue weighted by Crippen LogP contribution is 2.25. The number of hydrogen-bond acceptors (Lipinski definition) is 5. The number of ether oxygens (including phenoxy) is 1.